The molecule has 3 heterocycles. The van der Waals surface area contributed by atoms with Gasteiger partial charge in [0.1, 0.15) is 0 Å². The fraction of sp³-hybridized carbons (Fsp3) is 0.312. The van der Waals surface area contributed by atoms with Crippen LogP contribution in [0.2, 0.25) is 0 Å². The van der Waals surface area contributed by atoms with E-state index in [0.717, 1.165) is 12.8 Å². The van der Waals surface area contributed by atoms with Crippen LogP contribution in [0.5, 0.6) is 0 Å². The smallest absolute Gasteiger partial charge is 0.360 e. The second kappa shape index (κ2) is 4.78. The first-order valence-corrected chi connectivity index (χ1v) is 7.32. The van der Waals surface area contributed by atoms with E-state index in [2.05, 4.69) is 22.5 Å². The van der Waals surface area contributed by atoms with Gasteiger partial charge in [-0.1, -0.05) is 24.3 Å². The van der Waals surface area contributed by atoms with Crippen molar-refractivity contribution in [2.75, 3.05) is 0 Å². The van der Waals surface area contributed by atoms with Crippen LogP contribution >= 0.6 is 0 Å². The molecule has 1 aromatic carbocycles. The normalized spacial score (nSPS) is 26.5. The standard InChI is InChI=1S/C16H15N3O3/c20-15-14(16(21)22)18-12-3-1-2-4-13(12)19(15)11-7-9-5-6-10(8-11)17-9/h1-6,9-11,17H,7-8H2,(H,21,22). The molecule has 2 unspecified atom stereocenters. The number of fused-ring (bicyclic) bond motifs is 3. The summed E-state index contributed by atoms with van der Waals surface area (Å²) in [7, 11) is 0. The van der Waals surface area contributed by atoms with Crippen molar-refractivity contribution in [3.8, 4) is 0 Å². The third-order valence-corrected chi connectivity index (χ3v) is 4.42. The number of nitrogens with zero attached hydrogens (tertiary/aromatic N) is 2. The lowest BCUT2D eigenvalue weighted by Gasteiger charge is -2.31. The van der Waals surface area contributed by atoms with Crippen LogP contribution in [-0.2, 0) is 0 Å². The van der Waals surface area contributed by atoms with Gasteiger partial charge in [0.25, 0.3) is 5.56 Å². The molecule has 112 valence electrons. The van der Waals surface area contributed by atoms with Crippen LogP contribution < -0.4 is 10.9 Å². The number of nitrogens with one attached hydrogen (secondary N) is 1. The second-order valence-corrected chi connectivity index (χ2v) is 5.82. The minimum absolute atomic E-state index is 0.0234. The van der Waals surface area contributed by atoms with Crippen molar-refractivity contribution < 1.29 is 9.90 Å². The van der Waals surface area contributed by atoms with Crippen LogP contribution in [0.1, 0.15) is 29.4 Å². The van der Waals surface area contributed by atoms with Gasteiger partial charge in [0.15, 0.2) is 0 Å². The molecule has 0 saturated carbocycles. The summed E-state index contributed by atoms with van der Waals surface area (Å²) in [6.45, 7) is 0. The number of para-hydroxylation sites is 2. The highest BCUT2D eigenvalue weighted by molar-refractivity contribution is 5.88. The summed E-state index contributed by atoms with van der Waals surface area (Å²) >= 11 is 0. The molecule has 0 aliphatic carbocycles. The predicted octanol–water partition coefficient (Wildman–Crippen LogP) is 1.33. The van der Waals surface area contributed by atoms with Gasteiger partial charge in [-0.2, -0.15) is 0 Å². The summed E-state index contributed by atoms with van der Waals surface area (Å²) in [5.74, 6) is -1.28. The summed E-state index contributed by atoms with van der Waals surface area (Å²) in [6, 6.07) is 7.67. The molecule has 2 aromatic rings. The van der Waals surface area contributed by atoms with E-state index in [1.54, 1.807) is 16.7 Å². The molecule has 2 aliphatic rings. The molecule has 2 atom stereocenters. The van der Waals surface area contributed by atoms with E-state index in [9.17, 15) is 14.7 Å². The second-order valence-electron chi connectivity index (χ2n) is 5.82. The largest absolute Gasteiger partial charge is 0.476 e. The maximum absolute atomic E-state index is 12.6. The Morgan fingerprint density at radius 1 is 1.23 bits per heavy atom. The van der Waals surface area contributed by atoms with Gasteiger partial charge in [0.2, 0.25) is 5.69 Å². The summed E-state index contributed by atoms with van der Waals surface area (Å²) < 4.78 is 1.62. The van der Waals surface area contributed by atoms with Crippen molar-refractivity contribution in [2.45, 2.75) is 31.0 Å². The van der Waals surface area contributed by atoms with Gasteiger partial charge in [0.05, 0.1) is 11.0 Å². The van der Waals surface area contributed by atoms with Crippen LogP contribution in [0.15, 0.2) is 41.2 Å². The number of carbonyl (C=O) groups is 1. The number of benzene rings is 1. The number of hydrogen-bond acceptors (Lipinski definition) is 4. The fourth-order valence-electron chi connectivity index (χ4n) is 3.50. The minimum Gasteiger partial charge on any atom is -0.476 e. The van der Waals surface area contributed by atoms with Gasteiger partial charge in [-0.05, 0) is 25.0 Å². The number of hydrogen-bond donors (Lipinski definition) is 2. The molecule has 22 heavy (non-hydrogen) atoms. The van der Waals surface area contributed by atoms with Gasteiger partial charge in [-0.15, -0.1) is 0 Å². The van der Waals surface area contributed by atoms with Gasteiger partial charge in [0, 0.05) is 18.1 Å². The van der Waals surface area contributed by atoms with E-state index in [4.69, 9.17) is 0 Å². The number of rotatable bonds is 2. The van der Waals surface area contributed by atoms with Crippen molar-refractivity contribution >= 4 is 17.0 Å². The Kier molecular flexibility index (Phi) is 2.87. The van der Waals surface area contributed by atoms with Crippen molar-refractivity contribution in [3.05, 3.63) is 52.5 Å². The molecule has 6 nitrogen and oxygen atoms in total. The highest BCUT2D eigenvalue weighted by Crippen LogP contribution is 2.31. The summed E-state index contributed by atoms with van der Waals surface area (Å²) in [5, 5.41) is 12.7. The Balaban J connectivity index is 1.94. The molecule has 2 bridgehead atoms. The maximum Gasteiger partial charge on any atom is 0.360 e. The Morgan fingerprint density at radius 3 is 2.59 bits per heavy atom. The average molecular weight is 297 g/mol. The molecule has 1 aromatic heterocycles. The van der Waals surface area contributed by atoms with E-state index in [0.29, 0.717) is 11.0 Å². The molecule has 1 fully saturated rings. The molecule has 1 saturated heterocycles. The fourth-order valence-corrected chi connectivity index (χ4v) is 3.50. The topological polar surface area (TPSA) is 84.2 Å². The lowest BCUT2D eigenvalue weighted by atomic mass is 9.98. The first-order chi connectivity index (χ1) is 10.6. The Morgan fingerprint density at radius 2 is 1.91 bits per heavy atom. The highest BCUT2D eigenvalue weighted by Gasteiger charge is 2.32. The number of aromatic carboxylic acids is 1. The zero-order chi connectivity index (χ0) is 15.3. The lowest BCUT2D eigenvalue weighted by Crippen LogP contribution is -2.43. The predicted molar refractivity (Wildman–Crippen MR) is 81.1 cm³/mol. The average Bonchev–Trinajstić information content (AvgIpc) is 2.84. The number of piperidine rings is 1. The Labute approximate surface area is 126 Å². The first-order valence-electron chi connectivity index (χ1n) is 7.32. The quantitative estimate of drug-likeness (QED) is 0.817. The van der Waals surface area contributed by atoms with Crippen molar-refractivity contribution in [3.63, 3.8) is 0 Å². The zero-order valence-electron chi connectivity index (χ0n) is 11.8. The van der Waals surface area contributed by atoms with Crippen molar-refractivity contribution in [2.24, 2.45) is 0 Å². The van der Waals surface area contributed by atoms with E-state index in [1.807, 2.05) is 12.1 Å². The van der Waals surface area contributed by atoms with Crippen molar-refractivity contribution in [1.82, 2.24) is 14.9 Å². The lowest BCUT2D eigenvalue weighted by molar-refractivity contribution is 0.0687. The summed E-state index contributed by atoms with van der Waals surface area (Å²) in [4.78, 5) is 28.0. The van der Waals surface area contributed by atoms with Crippen LogP contribution in [0.4, 0.5) is 0 Å². The molecular formula is C16H15N3O3. The first kappa shape index (κ1) is 13.2. The monoisotopic (exact) mass is 297 g/mol. The molecule has 0 spiro atoms. The van der Waals surface area contributed by atoms with E-state index < -0.39 is 17.2 Å². The maximum atomic E-state index is 12.6. The molecule has 2 N–H and O–H groups in total. The van der Waals surface area contributed by atoms with Gasteiger partial charge in [-0.25, -0.2) is 9.78 Å². The van der Waals surface area contributed by atoms with Gasteiger partial charge >= 0.3 is 5.97 Å². The molecule has 2 aliphatic heterocycles. The van der Waals surface area contributed by atoms with E-state index >= 15 is 0 Å². The molecule has 0 amide bonds. The Hall–Kier alpha value is -2.47. The van der Waals surface area contributed by atoms with Gasteiger partial charge < -0.3 is 15.0 Å². The molecular weight excluding hydrogens is 282 g/mol. The molecule has 4 rings (SSSR count). The number of carboxylic acid groups (broad SMARTS) is 1. The van der Waals surface area contributed by atoms with Crippen LogP contribution in [0.25, 0.3) is 11.0 Å². The third kappa shape index (κ3) is 1.95. The molecule has 0 radical (unpaired) electrons. The summed E-state index contributed by atoms with van der Waals surface area (Å²) in [6.07, 6.45) is 5.80. The SMILES string of the molecule is O=C(O)c1nc2ccccc2n(C2CC3C=CC(C2)N3)c1=O. The zero-order valence-corrected chi connectivity index (χ0v) is 11.8. The summed E-state index contributed by atoms with van der Waals surface area (Å²) in [5.41, 5.74) is 0.317. The van der Waals surface area contributed by atoms with E-state index in [1.165, 1.54) is 0 Å². The highest BCUT2D eigenvalue weighted by atomic mass is 16.4. The third-order valence-electron chi connectivity index (χ3n) is 4.42. The van der Waals surface area contributed by atoms with Crippen LogP contribution in [-0.4, -0.2) is 32.7 Å². The van der Waals surface area contributed by atoms with Crippen LogP contribution in [0.3, 0.4) is 0 Å². The van der Waals surface area contributed by atoms with E-state index in [-0.39, 0.29) is 18.1 Å². The van der Waals surface area contributed by atoms with Crippen LogP contribution in [0, 0.1) is 0 Å². The van der Waals surface area contributed by atoms with Crippen molar-refractivity contribution in [1.29, 1.82) is 0 Å². The molecule has 6 heteroatoms. The van der Waals surface area contributed by atoms with Gasteiger partial charge in [-0.3, -0.25) is 4.79 Å². The number of aromatic nitrogens is 2. The number of carboxylic acids is 1. The minimum atomic E-state index is -1.28. The Bertz CT molecular complexity index is 841.